The largest absolute Gasteiger partial charge is 0.494 e. The van der Waals surface area contributed by atoms with Gasteiger partial charge in [-0.3, -0.25) is 4.79 Å². The molecule has 0 radical (unpaired) electrons. The zero-order valence-electron chi connectivity index (χ0n) is 19.2. The van der Waals surface area contributed by atoms with Gasteiger partial charge in [0.2, 0.25) is 0 Å². The van der Waals surface area contributed by atoms with E-state index >= 15 is 0 Å². The van der Waals surface area contributed by atoms with Crippen molar-refractivity contribution in [1.29, 1.82) is 0 Å². The molecule has 0 aliphatic heterocycles. The number of benzene rings is 3. The minimum atomic E-state index is -0.197. The number of ether oxygens (including phenoxy) is 1. The third kappa shape index (κ3) is 4.85. The SMILES string of the molecule is CCOc1cc(C)c(-c2nc3ccccc3c(=O)n2N=Cc2ccc(I)cc2)cc1C(C)C. The Morgan fingerprint density at radius 3 is 2.55 bits per heavy atom. The molecule has 5 nitrogen and oxygen atoms in total. The summed E-state index contributed by atoms with van der Waals surface area (Å²) in [5, 5.41) is 5.13. The Morgan fingerprint density at radius 1 is 1.12 bits per heavy atom. The van der Waals surface area contributed by atoms with Crippen molar-refractivity contribution in [3.05, 3.63) is 91.3 Å². The standard InChI is InChI=1S/C27H26IN3O2/c1-5-33-25-14-18(4)23(15-22(25)17(2)3)26-30-24-9-7-6-8-21(24)27(32)31(26)29-16-19-10-12-20(28)13-11-19/h6-17H,5H2,1-4H3. The zero-order valence-corrected chi connectivity index (χ0v) is 21.3. The number of hydrogen-bond acceptors (Lipinski definition) is 4. The van der Waals surface area contributed by atoms with E-state index in [1.54, 1.807) is 12.3 Å². The number of fused-ring (bicyclic) bond motifs is 1. The number of nitrogens with zero attached hydrogens (tertiary/aromatic N) is 3. The second kappa shape index (κ2) is 9.87. The van der Waals surface area contributed by atoms with E-state index in [4.69, 9.17) is 9.72 Å². The van der Waals surface area contributed by atoms with Crippen molar-refractivity contribution in [2.75, 3.05) is 6.61 Å². The highest BCUT2D eigenvalue weighted by molar-refractivity contribution is 14.1. The van der Waals surface area contributed by atoms with Crippen LogP contribution >= 0.6 is 22.6 Å². The maximum atomic E-state index is 13.5. The Morgan fingerprint density at radius 2 is 1.85 bits per heavy atom. The van der Waals surface area contributed by atoms with Crippen LogP contribution in [-0.4, -0.2) is 22.5 Å². The van der Waals surface area contributed by atoms with Gasteiger partial charge in [0.05, 0.1) is 23.7 Å². The topological polar surface area (TPSA) is 56.5 Å². The second-order valence-electron chi connectivity index (χ2n) is 8.16. The fourth-order valence-corrected chi connectivity index (χ4v) is 4.11. The number of hydrogen-bond donors (Lipinski definition) is 0. The van der Waals surface area contributed by atoms with E-state index in [1.807, 2.05) is 62.4 Å². The van der Waals surface area contributed by atoms with Crippen molar-refractivity contribution in [3.63, 3.8) is 0 Å². The maximum Gasteiger partial charge on any atom is 0.282 e. The van der Waals surface area contributed by atoms with E-state index in [2.05, 4.69) is 47.6 Å². The fraction of sp³-hybridized carbons (Fsp3) is 0.222. The van der Waals surface area contributed by atoms with Crippen LogP contribution in [0.4, 0.5) is 0 Å². The lowest BCUT2D eigenvalue weighted by Crippen LogP contribution is -2.20. The van der Waals surface area contributed by atoms with Gasteiger partial charge in [0, 0.05) is 9.13 Å². The summed E-state index contributed by atoms with van der Waals surface area (Å²) in [6.45, 7) is 8.85. The first-order valence-electron chi connectivity index (χ1n) is 11.0. The van der Waals surface area contributed by atoms with Crippen LogP contribution in [0, 0.1) is 10.5 Å². The van der Waals surface area contributed by atoms with Crippen LogP contribution < -0.4 is 10.3 Å². The van der Waals surface area contributed by atoms with Gasteiger partial charge >= 0.3 is 0 Å². The Hall–Kier alpha value is -3.00. The third-order valence-corrected chi connectivity index (χ3v) is 6.18. The first-order valence-corrected chi connectivity index (χ1v) is 12.1. The number of halogens is 1. The Labute approximate surface area is 207 Å². The molecule has 0 atom stereocenters. The van der Waals surface area contributed by atoms with E-state index < -0.39 is 0 Å². The molecule has 0 aliphatic rings. The predicted octanol–water partition coefficient (Wildman–Crippen LogP) is 6.38. The minimum Gasteiger partial charge on any atom is -0.494 e. The van der Waals surface area contributed by atoms with Gasteiger partial charge in [0.1, 0.15) is 5.75 Å². The molecule has 1 aromatic heterocycles. The van der Waals surface area contributed by atoms with Crippen molar-refractivity contribution in [1.82, 2.24) is 9.66 Å². The average molecular weight is 551 g/mol. The summed E-state index contributed by atoms with van der Waals surface area (Å²) in [5.41, 5.74) is 4.28. The van der Waals surface area contributed by atoms with Crippen LogP contribution in [0.3, 0.4) is 0 Å². The lowest BCUT2D eigenvalue weighted by Gasteiger charge is -2.18. The monoisotopic (exact) mass is 551 g/mol. The van der Waals surface area contributed by atoms with Gasteiger partial charge in [0.15, 0.2) is 5.82 Å². The normalized spacial score (nSPS) is 11.6. The highest BCUT2D eigenvalue weighted by atomic mass is 127. The second-order valence-corrected chi connectivity index (χ2v) is 9.40. The summed E-state index contributed by atoms with van der Waals surface area (Å²) in [6.07, 6.45) is 1.70. The number of aromatic nitrogens is 2. The lowest BCUT2D eigenvalue weighted by molar-refractivity contribution is 0.335. The van der Waals surface area contributed by atoms with E-state index in [0.29, 0.717) is 23.3 Å². The summed E-state index contributed by atoms with van der Waals surface area (Å²) in [4.78, 5) is 18.4. The van der Waals surface area contributed by atoms with Gasteiger partial charge in [-0.1, -0.05) is 38.1 Å². The lowest BCUT2D eigenvalue weighted by atomic mass is 9.96. The molecule has 0 bridgehead atoms. The molecule has 3 aromatic carbocycles. The fourth-order valence-electron chi connectivity index (χ4n) is 3.75. The molecular formula is C27H26IN3O2. The maximum absolute atomic E-state index is 13.5. The highest BCUT2D eigenvalue weighted by Crippen LogP contribution is 2.34. The summed E-state index contributed by atoms with van der Waals surface area (Å²) < 4.78 is 8.44. The van der Waals surface area contributed by atoms with E-state index in [-0.39, 0.29) is 11.5 Å². The molecule has 0 amide bonds. The van der Waals surface area contributed by atoms with Gasteiger partial charge in [-0.2, -0.15) is 9.78 Å². The first kappa shape index (κ1) is 23.2. The van der Waals surface area contributed by atoms with Crippen LogP contribution in [0.1, 0.15) is 43.4 Å². The number of aryl methyl sites for hydroxylation is 1. The molecule has 4 aromatic rings. The predicted molar refractivity (Wildman–Crippen MR) is 144 cm³/mol. The minimum absolute atomic E-state index is 0.197. The molecule has 0 fully saturated rings. The Kier molecular flexibility index (Phi) is 6.93. The summed E-state index contributed by atoms with van der Waals surface area (Å²) in [5.74, 6) is 1.63. The molecule has 1 heterocycles. The molecule has 168 valence electrons. The van der Waals surface area contributed by atoms with E-state index in [0.717, 1.165) is 31.6 Å². The van der Waals surface area contributed by atoms with Crippen molar-refractivity contribution in [2.24, 2.45) is 5.10 Å². The highest BCUT2D eigenvalue weighted by Gasteiger charge is 2.18. The molecule has 0 saturated carbocycles. The summed E-state index contributed by atoms with van der Waals surface area (Å²) in [6, 6.07) is 19.5. The van der Waals surface area contributed by atoms with Crippen molar-refractivity contribution >= 4 is 39.7 Å². The molecule has 4 rings (SSSR count). The van der Waals surface area contributed by atoms with Crippen molar-refractivity contribution < 1.29 is 4.74 Å². The summed E-state index contributed by atoms with van der Waals surface area (Å²) in [7, 11) is 0. The summed E-state index contributed by atoms with van der Waals surface area (Å²) >= 11 is 2.26. The van der Waals surface area contributed by atoms with Crippen LogP contribution in [-0.2, 0) is 0 Å². The van der Waals surface area contributed by atoms with Crippen LogP contribution in [0.2, 0.25) is 0 Å². The quantitative estimate of drug-likeness (QED) is 0.207. The Balaban J connectivity index is 1.97. The van der Waals surface area contributed by atoms with Crippen molar-refractivity contribution in [2.45, 2.75) is 33.6 Å². The van der Waals surface area contributed by atoms with Crippen molar-refractivity contribution in [3.8, 4) is 17.1 Å². The molecule has 33 heavy (non-hydrogen) atoms. The van der Waals surface area contributed by atoms with Gasteiger partial charge < -0.3 is 4.74 Å². The molecule has 0 unspecified atom stereocenters. The molecule has 6 heteroatoms. The number of para-hydroxylation sites is 1. The molecule has 0 spiro atoms. The van der Waals surface area contributed by atoms with Crippen LogP contribution in [0.5, 0.6) is 5.75 Å². The van der Waals surface area contributed by atoms with Gasteiger partial charge in [-0.25, -0.2) is 4.98 Å². The third-order valence-electron chi connectivity index (χ3n) is 5.47. The molecule has 0 N–H and O–H groups in total. The van der Waals surface area contributed by atoms with Gasteiger partial charge in [-0.15, -0.1) is 0 Å². The number of rotatable bonds is 6. The van der Waals surface area contributed by atoms with Gasteiger partial charge in [0.25, 0.3) is 5.56 Å². The molecular weight excluding hydrogens is 525 g/mol. The van der Waals surface area contributed by atoms with Gasteiger partial charge in [-0.05, 0) is 95.4 Å². The van der Waals surface area contributed by atoms with Crippen LogP contribution in [0.25, 0.3) is 22.3 Å². The first-order chi connectivity index (χ1) is 15.9. The Bertz CT molecular complexity index is 1390. The van der Waals surface area contributed by atoms with Crippen LogP contribution in [0.15, 0.2) is 70.6 Å². The van der Waals surface area contributed by atoms with E-state index in [9.17, 15) is 4.79 Å². The zero-order chi connectivity index (χ0) is 23.5. The molecule has 0 aliphatic carbocycles. The smallest absolute Gasteiger partial charge is 0.282 e. The van der Waals surface area contributed by atoms with E-state index in [1.165, 1.54) is 4.68 Å². The average Bonchev–Trinajstić information content (AvgIpc) is 2.80. The molecule has 0 saturated heterocycles.